The van der Waals surface area contributed by atoms with E-state index in [1.165, 1.54) is 17.9 Å². The van der Waals surface area contributed by atoms with Crippen molar-refractivity contribution in [1.29, 1.82) is 0 Å². The first-order chi connectivity index (χ1) is 7.24. The van der Waals surface area contributed by atoms with E-state index in [0.29, 0.717) is 5.92 Å². The monoisotopic (exact) mass is 225 g/mol. The van der Waals surface area contributed by atoms with Crippen LogP contribution in [0.25, 0.3) is 0 Å². The molecule has 3 nitrogen and oxygen atoms in total. The fourth-order valence-electron chi connectivity index (χ4n) is 2.16. The molecule has 0 saturated carbocycles. The molecule has 1 aromatic heterocycles. The van der Waals surface area contributed by atoms with Crippen LogP contribution in [-0.2, 0) is 6.54 Å². The summed E-state index contributed by atoms with van der Waals surface area (Å²) >= 11 is 2.01. The predicted molar refractivity (Wildman–Crippen MR) is 66.4 cm³/mol. The molecule has 0 aliphatic carbocycles. The standard InChI is InChI=1S/C11H19N3S/c1-3-5-14-8(2)13-10(11(14)12)9-4-6-15-7-9/h9H,3-7,12H2,1-2H3. The van der Waals surface area contributed by atoms with Crippen molar-refractivity contribution in [2.24, 2.45) is 0 Å². The van der Waals surface area contributed by atoms with Crippen LogP contribution < -0.4 is 5.73 Å². The number of thioether (sulfide) groups is 1. The molecule has 0 aromatic carbocycles. The molecule has 0 spiro atoms. The highest BCUT2D eigenvalue weighted by Crippen LogP contribution is 2.34. The van der Waals surface area contributed by atoms with Gasteiger partial charge in [0.1, 0.15) is 11.6 Å². The fourth-order valence-corrected chi connectivity index (χ4v) is 3.39. The van der Waals surface area contributed by atoms with E-state index in [9.17, 15) is 0 Å². The molecule has 1 saturated heterocycles. The van der Waals surface area contributed by atoms with Crippen molar-refractivity contribution in [3.63, 3.8) is 0 Å². The molecule has 15 heavy (non-hydrogen) atoms. The zero-order chi connectivity index (χ0) is 10.8. The number of nitrogens with two attached hydrogens (primary N) is 1. The van der Waals surface area contributed by atoms with Crippen LogP contribution in [0.3, 0.4) is 0 Å². The predicted octanol–water partition coefficient (Wildman–Crippen LogP) is 2.40. The summed E-state index contributed by atoms with van der Waals surface area (Å²) in [4.78, 5) is 4.64. The lowest BCUT2D eigenvalue weighted by atomic mass is 10.1. The first kappa shape index (κ1) is 10.9. The van der Waals surface area contributed by atoms with Crippen LogP contribution in [0.4, 0.5) is 5.82 Å². The lowest BCUT2D eigenvalue weighted by Crippen LogP contribution is -2.06. The third-order valence-electron chi connectivity index (χ3n) is 2.99. The third-order valence-corrected chi connectivity index (χ3v) is 4.15. The smallest absolute Gasteiger partial charge is 0.127 e. The number of nitrogen functional groups attached to an aromatic ring is 1. The summed E-state index contributed by atoms with van der Waals surface area (Å²) < 4.78 is 2.15. The van der Waals surface area contributed by atoms with Crippen molar-refractivity contribution < 1.29 is 0 Å². The summed E-state index contributed by atoms with van der Waals surface area (Å²) in [6, 6.07) is 0. The van der Waals surface area contributed by atoms with Crippen LogP contribution in [0.5, 0.6) is 0 Å². The maximum Gasteiger partial charge on any atom is 0.127 e. The number of nitrogens with zero attached hydrogens (tertiary/aromatic N) is 2. The minimum atomic E-state index is 0.590. The number of hydrogen-bond acceptors (Lipinski definition) is 3. The van der Waals surface area contributed by atoms with Crippen LogP contribution in [-0.4, -0.2) is 21.1 Å². The number of aryl methyl sites for hydroxylation is 1. The molecule has 0 amide bonds. The molecule has 1 fully saturated rings. The van der Waals surface area contributed by atoms with E-state index in [-0.39, 0.29) is 0 Å². The van der Waals surface area contributed by atoms with Gasteiger partial charge in [-0.2, -0.15) is 11.8 Å². The summed E-state index contributed by atoms with van der Waals surface area (Å²) in [6.45, 7) is 5.21. The quantitative estimate of drug-likeness (QED) is 0.859. The Balaban J connectivity index is 2.27. The first-order valence-corrected chi connectivity index (χ1v) is 6.79. The summed E-state index contributed by atoms with van der Waals surface area (Å²) in [7, 11) is 0. The van der Waals surface area contributed by atoms with E-state index in [1.807, 2.05) is 11.8 Å². The molecule has 2 N–H and O–H groups in total. The van der Waals surface area contributed by atoms with Crippen molar-refractivity contribution in [1.82, 2.24) is 9.55 Å². The number of hydrogen-bond donors (Lipinski definition) is 1. The van der Waals surface area contributed by atoms with E-state index in [2.05, 4.69) is 23.4 Å². The molecule has 84 valence electrons. The Morgan fingerprint density at radius 3 is 3.00 bits per heavy atom. The lowest BCUT2D eigenvalue weighted by molar-refractivity contribution is 0.665. The molecule has 1 aromatic rings. The molecule has 1 unspecified atom stereocenters. The second-order valence-corrected chi connectivity index (χ2v) is 5.29. The average Bonchev–Trinajstić information content (AvgIpc) is 2.81. The van der Waals surface area contributed by atoms with Gasteiger partial charge in [-0.3, -0.25) is 0 Å². The van der Waals surface area contributed by atoms with Gasteiger partial charge in [-0.15, -0.1) is 0 Å². The van der Waals surface area contributed by atoms with Crippen LogP contribution in [0, 0.1) is 6.92 Å². The summed E-state index contributed by atoms with van der Waals surface area (Å²) in [6.07, 6.45) is 2.34. The average molecular weight is 225 g/mol. The van der Waals surface area contributed by atoms with Gasteiger partial charge in [-0.05, 0) is 25.5 Å². The van der Waals surface area contributed by atoms with E-state index in [4.69, 9.17) is 5.73 Å². The van der Waals surface area contributed by atoms with Crippen LogP contribution in [0.2, 0.25) is 0 Å². The molecular weight excluding hydrogens is 206 g/mol. The van der Waals surface area contributed by atoms with Gasteiger partial charge in [-0.1, -0.05) is 6.92 Å². The minimum Gasteiger partial charge on any atom is -0.384 e. The highest BCUT2D eigenvalue weighted by atomic mass is 32.2. The van der Waals surface area contributed by atoms with Crippen LogP contribution in [0.15, 0.2) is 0 Å². The zero-order valence-corrected chi connectivity index (χ0v) is 10.3. The Morgan fingerprint density at radius 1 is 1.60 bits per heavy atom. The molecule has 2 rings (SSSR count). The van der Waals surface area contributed by atoms with Gasteiger partial charge < -0.3 is 10.3 Å². The third kappa shape index (κ3) is 2.00. The van der Waals surface area contributed by atoms with E-state index < -0.39 is 0 Å². The van der Waals surface area contributed by atoms with Crippen molar-refractivity contribution in [2.75, 3.05) is 17.2 Å². The van der Waals surface area contributed by atoms with Crippen molar-refractivity contribution in [2.45, 2.75) is 39.2 Å². The number of imidazole rings is 1. The van der Waals surface area contributed by atoms with Gasteiger partial charge in [-0.25, -0.2) is 4.98 Å². The normalized spacial score (nSPS) is 21.1. The first-order valence-electron chi connectivity index (χ1n) is 5.64. The van der Waals surface area contributed by atoms with Gasteiger partial charge in [0.25, 0.3) is 0 Å². The number of aromatic nitrogens is 2. The van der Waals surface area contributed by atoms with Gasteiger partial charge in [0, 0.05) is 18.2 Å². The maximum atomic E-state index is 6.16. The molecule has 1 aliphatic rings. The largest absolute Gasteiger partial charge is 0.384 e. The number of anilines is 1. The molecule has 0 radical (unpaired) electrons. The van der Waals surface area contributed by atoms with Crippen LogP contribution >= 0.6 is 11.8 Å². The van der Waals surface area contributed by atoms with Crippen molar-refractivity contribution in [3.05, 3.63) is 11.5 Å². The van der Waals surface area contributed by atoms with E-state index in [0.717, 1.165) is 30.3 Å². The topological polar surface area (TPSA) is 43.8 Å². The maximum absolute atomic E-state index is 6.16. The van der Waals surface area contributed by atoms with E-state index >= 15 is 0 Å². The van der Waals surface area contributed by atoms with E-state index in [1.54, 1.807) is 0 Å². The molecule has 1 aliphatic heterocycles. The summed E-state index contributed by atoms with van der Waals surface area (Å²) in [5.74, 6) is 5.01. The molecule has 0 bridgehead atoms. The van der Waals surface area contributed by atoms with Gasteiger partial charge >= 0.3 is 0 Å². The molecule has 2 heterocycles. The Hall–Kier alpha value is -0.640. The molecule has 4 heteroatoms. The fraction of sp³-hybridized carbons (Fsp3) is 0.727. The Kier molecular flexibility index (Phi) is 3.24. The summed E-state index contributed by atoms with van der Waals surface area (Å²) in [5, 5.41) is 0. The van der Waals surface area contributed by atoms with Crippen molar-refractivity contribution in [3.8, 4) is 0 Å². The second-order valence-electron chi connectivity index (χ2n) is 4.14. The van der Waals surface area contributed by atoms with Crippen molar-refractivity contribution >= 4 is 17.6 Å². The lowest BCUT2D eigenvalue weighted by Gasteiger charge is -2.08. The molecule has 1 atom stereocenters. The summed E-state index contributed by atoms with van der Waals surface area (Å²) in [5.41, 5.74) is 7.31. The van der Waals surface area contributed by atoms with Gasteiger partial charge in [0.15, 0.2) is 0 Å². The SMILES string of the molecule is CCCn1c(C)nc(C2CCSC2)c1N. The number of rotatable bonds is 3. The Bertz CT molecular complexity index is 340. The zero-order valence-electron chi connectivity index (χ0n) is 9.49. The molecular formula is C11H19N3S. The van der Waals surface area contributed by atoms with Crippen LogP contribution in [0.1, 0.15) is 37.2 Å². The van der Waals surface area contributed by atoms with Gasteiger partial charge in [0.05, 0.1) is 5.69 Å². The Labute approximate surface area is 95.4 Å². The Morgan fingerprint density at radius 2 is 2.40 bits per heavy atom. The van der Waals surface area contributed by atoms with Gasteiger partial charge in [0.2, 0.25) is 0 Å². The minimum absolute atomic E-state index is 0.590. The highest BCUT2D eigenvalue weighted by Gasteiger charge is 2.24. The highest BCUT2D eigenvalue weighted by molar-refractivity contribution is 7.99. The second kappa shape index (κ2) is 4.47.